The van der Waals surface area contributed by atoms with Crippen LogP contribution in [0.1, 0.15) is 46.5 Å². The van der Waals surface area contributed by atoms with Gasteiger partial charge in [0, 0.05) is 0 Å². The minimum Gasteiger partial charge on any atom is -0.497 e. The highest BCUT2D eigenvalue weighted by molar-refractivity contribution is 5.76. The van der Waals surface area contributed by atoms with Crippen molar-refractivity contribution in [1.29, 1.82) is 0 Å². The predicted octanol–water partition coefficient (Wildman–Crippen LogP) is 4.48. The summed E-state index contributed by atoms with van der Waals surface area (Å²) >= 11 is 0. The molecule has 0 radical (unpaired) electrons. The molecule has 1 saturated carbocycles. The molecule has 1 saturated heterocycles. The Balaban J connectivity index is 1.70. The number of carbonyl (C=O) groups is 1. The normalized spacial score (nSPS) is 28.7. The molecule has 1 spiro atoms. The Morgan fingerprint density at radius 1 is 1.30 bits per heavy atom. The molecule has 1 aromatic rings. The summed E-state index contributed by atoms with van der Waals surface area (Å²) in [5.74, 6) is 2.56. The summed E-state index contributed by atoms with van der Waals surface area (Å²) < 4.78 is 10.7. The summed E-state index contributed by atoms with van der Waals surface area (Å²) in [6.07, 6.45) is 4.37. The van der Waals surface area contributed by atoms with E-state index in [9.17, 15) is 4.79 Å². The Morgan fingerprint density at radius 2 is 1.96 bits per heavy atom. The van der Waals surface area contributed by atoms with E-state index >= 15 is 0 Å². The van der Waals surface area contributed by atoms with Gasteiger partial charge in [-0.3, -0.25) is 4.90 Å². The maximum Gasteiger partial charge on any atom is 0.416 e. The lowest BCUT2D eigenvalue weighted by Crippen LogP contribution is -2.41. The van der Waals surface area contributed by atoms with E-state index in [0.29, 0.717) is 23.6 Å². The number of benzene rings is 1. The molecule has 0 bridgehead atoms. The highest BCUT2D eigenvalue weighted by Gasteiger charge is 2.72. The largest absolute Gasteiger partial charge is 0.497 e. The van der Waals surface area contributed by atoms with Crippen LogP contribution in [0.4, 0.5) is 4.79 Å². The number of ether oxygens (including phenoxy) is 2. The maximum atomic E-state index is 12.7. The smallest absolute Gasteiger partial charge is 0.416 e. The van der Waals surface area contributed by atoms with Crippen molar-refractivity contribution in [3.05, 3.63) is 24.3 Å². The number of amides is 1. The van der Waals surface area contributed by atoms with E-state index in [1.54, 1.807) is 19.2 Å². The van der Waals surface area contributed by atoms with Gasteiger partial charge in [0.1, 0.15) is 11.5 Å². The molecule has 0 N–H and O–H groups in total. The molecule has 1 heterocycles. The van der Waals surface area contributed by atoms with Gasteiger partial charge in [0.05, 0.1) is 18.7 Å². The van der Waals surface area contributed by atoms with E-state index in [0.717, 1.165) is 25.0 Å². The summed E-state index contributed by atoms with van der Waals surface area (Å²) in [6.45, 7) is 6.67. The maximum absolute atomic E-state index is 12.7. The zero-order chi connectivity index (χ0) is 16.6. The van der Waals surface area contributed by atoms with Crippen molar-refractivity contribution in [2.75, 3.05) is 7.11 Å². The highest BCUT2D eigenvalue weighted by Crippen LogP contribution is 2.61. The molecular formula is C19H27NO3. The number of rotatable bonds is 5. The number of methoxy groups -OCH3 is 1. The number of carbonyl (C=O) groups excluding carboxylic acids is 1. The number of hydrogen-bond donors (Lipinski definition) is 0. The Morgan fingerprint density at radius 3 is 2.43 bits per heavy atom. The van der Waals surface area contributed by atoms with Gasteiger partial charge in [-0.05, 0) is 55.4 Å². The van der Waals surface area contributed by atoms with Crippen LogP contribution in [0.15, 0.2) is 24.3 Å². The van der Waals surface area contributed by atoms with Gasteiger partial charge in [0.25, 0.3) is 0 Å². The quantitative estimate of drug-likeness (QED) is 0.751. The zero-order valence-corrected chi connectivity index (χ0v) is 14.5. The average Bonchev–Trinajstić information content (AvgIpc) is 3.17. The van der Waals surface area contributed by atoms with Gasteiger partial charge in [0.2, 0.25) is 0 Å². The van der Waals surface area contributed by atoms with Gasteiger partial charge in [0.15, 0.2) is 0 Å². The molecule has 3 rings (SSSR count). The molecule has 126 valence electrons. The van der Waals surface area contributed by atoms with Gasteiger partial charge >= 0.3 is 6.09 Å². The van der Waals surface area contributed by atoms with E-state index in [-0.39, 0.29) is 11.6 Å². The molecule has 1 aliphatic heterocycles. The third kappa shape index (κ3) is 2.68. The van der Waals surface area contributed by atoms with Crippen molar-refractivity contribution in [2.24, 2.45) is 11.8 Å². The van der Waals surface area contributed by atoms with Crippen molar-refractivity contribution in [3.63, 3.8) is 0 Å². The summed E-state index contributed by atoms with van der Waals surface area (Å²) in [7, 11) is 1.62. The summed E-state index contributed by atoms with van der Waals surface area (Å²) in [5.41, 5.74) is 0.0859. The fraction of sp³-hybridized carbons (Fsp3) is 0.632. The monoisotopic (exact) mass is 317 g/mol. The molecule has 3 unspecified atom stereocenters. The lowest BCUT2D eigenvalue weighted by Gasteiger charge is -2.37. The first-order valence-corrected chi connectivity index (χ1v) is 8.68. The predicted molar refractivity (Wildman–Crippen MR) is 89.8 cm³/mol. The Hall–Kier alpha value is -1.71. The Labute approximate surface area is 138 Å². The van der Waals surface area contributed by atoms with Crippen LogP contribution in [0.2, 0.25) is 0 Å². The van der Waals surface area contributed by atoms with E-state index in [4.69, 9.17) is 9.47 Å². The lowest BCUT2D eigenvalue weighted by atomic mass is 9.68. The van der Waals surface area contributed by atoms with Gasteiger partial charge < -0.3 is 9.47 Å². The van der Waals surface area contributed by atoms with Crippen LogP contribution in [0.3, 0.4) is 0 Å². The molecule has 2 aliphatic rings. The Bertz CT molecular complexity index is 566. The van der Waals surface area contributed by atoms with Gasteiger partial charge in [-0.1, -0.05) is 27.2 Å². The fourth-order valence-corrected chi connectivity index (χ4v) is 4.21. The average molecular weight is 317 g/mol. The first-order chi connectivity index (χ1) is 11.0. The van der Waals surface area contributed by atoms with Crippen LogP contribution in [0, 0.1) is 11.8 Å². The van der Waals surface area contributed by atoms with Crippen LogP contribution >= 0.6 is 0 Å². The fourth-order valence-electron chi connectivity index (χ4n) is 4.21. The molecule has 1 amide bonds. The third-order valence-corrected chi connectivity index (χ3v) is 5.52. The van der Waals surface area contributed by atoms with Crippen molar-refractivity contribution in [2.45, 2.75) is 58.0 Å². The number of hydrogen-bond acceptors (Lipinski definition) is 3. The molecule has 3 atom stereocenters. The minimum atomic E-state index is -0.195. The standard InChI is InChI=1S/C19H27NO3/c1-5-14-10-11-19(14)17(12-13(2)3)20(19)18(21)23-16-8-6-15(22-4)7-9-16/h6-9,13-14,17H,5,10-12H2,1-4H3. The number of nitrogens with zero attached hydrogens (tertiary/aromatic N) is 1. The van der Waals surface area contributed by atoms with Crippen LogP contribution in [-0.2, 0) is 0 Å². The second kappa shape index (κ2) is 6.06. The van der Waals surface area contributed by atoms with Gasteiger partial charge in [-0.2, -0.15) is 0 Å². The molecule has 4 heteroatoms. The van der Waals surface area contributed by atoms with E-state index in [2.05, 4.69) is 20.8 Å². The molecule has 23 heavy (non-hydrogen) atoms. The second-order valence-corrected chi connectivity index (χ2v) is 7.19. The molecule has 1 aromatic carbocycles. The lowest BCUT2D eigenvalue weighted by molar-refractivity contribution is 0.132. The summed E-state index contributed by atoms with van der Waals surface area (Å²) in [6, 6.07) is 7.53. The topological polar surface area (TPSA) is 38.5 Å². The summed E-state index contributed by atoms with van der Waals surface area (Å²) in [5, 5.41) is 0. The highest BCUT2D eigenvalue weighted by atomic mass is 16.6. The van der Waals surface area contributed by atoms with E-state index < -0.39 is 0 Å². The molecule has 4 nitrogen and oxygen atoms in total. The minimum absolute atomic E-state index is 0.0859. The van der Waals surface area contributed by atoms with Crippen molar-refractivity contribution in [1.82, 2.24) is 4.90 Å². The van der Waals surface area contributed by atoms with Crippen molar-refractivity contribution in [3.8, 4) is 11.5 Å². The summed E-state index contributed by atoms with van der Waals surface area (Å²) in [4.78, 5) is 14.7. The Kier molecular flexibility index (Phi) is 4.26. The zero-order valence-electron chi connectivity index (χ0n) is 14.5. The van der Waals surface area contributed by atoms with Crippen LogP contribution < -0.4 is 9.47 Å². The van der Waals surface area contributed by atoms with E-state index in [1.807, 2.05) is 17.0 Å². The van der Waals surface area contributed by atoms with Gasteiger partial charge in [-0.25, -0.2) is 4.79 Å². The molecule has 0 aromatic heterocycles. The third-order valence-electron chi connectivity index (χ3n) is 5.52. The van der Waals surface area contributed by atoms with Gasteiger partial charge in [-0.15, -0.1) is 0 Å². The molecule has 2 fully saturated rings. The first kappa shape index (κ1) is 16.2. The SMILES string of the molecule is CCC1CCC12C(CC(C)C)N2C(=O)Oc1ccc(OC)cc1. The van der Waals surface area contributed by atoms with Crippen LogP contribution in [0.5, 0.6) is 11.5 Å². The van der Waals surface area contributed by atoms with Crippen molar-refractivity contribution >= 4 is 6.09 Å². The second-order valence-electron chi connectivity index (χ2n) is 7.19. The van der Waals surface area contributed by atoms with Crippen LogP contribution in [0.25, 0.3) is 0 Å². The van der Waals surface area contributed by atoms with Crippen LogP contribution in [-0.4, -0.2) is 29.7 Å². The molecule has 1 aliphatic carbocycles. The first-order valence-electron chi connectivity index (χ1n) is 8.68. The molecular weight excluding hydrogens is 290 g/mol. The van der Waals surface area contributed by atoms with Crippen molar-refractivity contribution < 1.29 is 14.3 Å². The van der Waals surface area contributed by atoms with E-state index in [1.165, 1.54) is 6.42 Å².